The molecule has 5 nitrogen and oxygen atoms in total. The predicted molar refractivity (Wildman–Crippen MR) is 125 cm³/mol. The minimum absolute atomic E-state index is 0.0307. The number of fused-ring (bicyclic) bond motifs is 2. The van der Waals surface area contributed by atoms with Gasteiger partial charge in [0.15, 0.2) is 5.13 Å². The highest BCUT2D eigenvalue weighted by atomic mass is 35.5. The van der Waals surface area contributed by atoms with Crippen LogP contribution in [0, 0.1) is 6.92 Å². The van der Waals surface area contributed by atoms with Crippen LogP contribution in [0.25, 0.3) is 21.3 Å². The van der Waals surface area contributed by atoms with Crippen LogP contribution in [0.2, 0.25) is 5.02 Å². The zero-order valence-electron chi connectivity index (χ0n) is 16.9. The topological polar surface area (TPSA) is 66.3 Å². The molecule has 7 heteroatoms. The third-order valence-corrected chi connectivity index (χ3v) is 7.15. The first-order valence-corrected chi connectivity index (χ1v) is 11.3. The molecule has 0 saturated heterocycles. The number of rotatable bonds is 4. The van der Waals surface area contributed by atoms with Gasteiger partial charge in [0.25, 0.3) is 0 Å². The first-order valence-electron chi connectivity index (χ1n) is 10.1. The summed E-state index contributed by atoms with van der Waals surface area (Å²) in [6, 6.07) is 11.7. The molecule has 1 aliphatic rings. The number of carboxylic acids is 1. The Bertz CT molecular complexity index is 1300. The van der Waals surface area contributed by atoms with Gasteiger partial charge >= 0.3 is 5.97 Å². The number of aryl methyl sites for hydroxylation is 1. The van der Waals surface area contributed by atoms with Crippen molar-refractivity contribution < 1.29 is 9.90 Å². The molecule has 2 aromatic carbocycles. The predicted octanol–water partition coefficient (Wildman–Crippen LogP) is 5.51. The minimum atomic E-state index is -0.844. The highest BCUT2D eigenvalue weighted by Gasteiger charge is 2.23. The van der Waals surface area contributed by atoms with Gasteiger partial charge in [-0.3, -0.25) is 9.78 Å². The van der Waals surface area contributed by atoms with Gasteiger partial charge in [-0.1, -0.05) is 35.1 Å². The van der Waals surface area contributed by atoms with Crippen LogP contribution >= 0.6 is 22.9 Å². The van der Waals surface area contributed by atoms with Crippen LogP contribution in [0.15, 0.2) is 48.8 Å². The number of aromatic nitrogens is 2. The summed E-state index contributed by atoms with van der Waals surface area (Å²) in [7, 11) is 0. The van der Waals surface area contributed by atoms with E-state index >= 15 is 0 Å². The van der Waals surface area contributed by atoms with Crippen molar-refractivity contribution in [2.24, 2.45) is 0 Å². The van der Waals surface area contributed by atoms with Crippen molar-refractivity contribution in [2.45, 2.75) is 26.3 Å². The van der Waals surface area contributed by atoms with Crippen molar-refractivity contribution in [3.8, 4) is 11.1 Å². The van der Waals surface area contributed by atoms with Gasteiger partial charge in [-0.05, 0) is 65.4 Å². The van der Waals surface area contributed by atoms with Gasteiger partial charge in [0.2, 0.25) is 0 Å². The fourth-order valence-corrected chi connectivity index (χ4v) is 5.49. The summed E-state index contributed by atoms with van der Waals surface area (Å²) in [5, 5.41) is 11.1. The molecule has 2 aromatic heterocycles. The smallest absolute Gasteiger partial charge is 0.307 e. The van der Waals surface area contributed by atoms with Crippen molar-refractivity contribution in [3.05, 3.63) is 76.1 Å². The number of thiazole rings is 1. The van der Waals surface area contributed by atoms with Crippen LogP contribution < -0.4 is 4.90 Å². The van der Waals surface area contributed by atoms with Gasteiger partial charge in [0.05, 0.1) is 16.6 Å². The van der Waals surface area contributed by atoms with E-state index in [-0.39, 0.29) is 6.42 Å². The molecule has 0 unspecified atom stereocenters. The second-order valence-electron chi connectivity index (χ2n) is 7.79. The number of carbonyl (C=O) groups is 1. The molecule has 31 heavy (non-hydrogen) atoms. The van der Waals surface area contributed by atoms with Crippen LogP contribution in [0.4, 0.5) is 5.13 Å². The monoisotopic (exact) mass is 449 g/mol. The number of carboxylic acid groups (broad SMARTS) is 1. The Morgan fingerprint density at radius 2 is 2.03 bits per heavy atom. The fourth-order valence-electron chi connectivity index (χ4n) is 4.20. The van der Waals surface area contributed by atoms with E-state index in [1.807, 2.05) is 49.6 Å². The highest BCUT2D eigenvalue weighted by molar-refractivity contribution is 7.22. The number of pyridine rings is 1. The molecule has 0 fully saturated rings. The number of hydrogen-bond donors (Lipinski definition) is 1. The molecule has 0 spiro atoms. The van der Waals surface area contributed by atoms with E-state index in [9.17, 15) is 9.90 Å². The zero-order chi connectivity index (χ0) is 21.5. The maximum absolute atomic E-state index is 11.6. The first kappa shape index (κ1) is 20.0. The molecule has 0 bridgehead atoms. The lowest BCUT2D eigenvalue weighted by Gasteiger charge is -2.27. The van der Waals surface area contributed by atoms with Gasteiger partial charge < -0.3 is 10.0 Å². The Morgan fingerprint density at radius 1 is 1.23 bits per heavy atom. The second-order valence-corrected chi connectivity index (χ2v) is 9.20. The van der Waals surface area contributed by atoms with Gasteiger partial charge in [-0.15, -0.1) is 0 Å². The average molecular weight is 450 g/mol. The number of nitrogens with zero attached hydrogens (tertiary/aromatic N) is 3. The number of halogens is 1. The molecule has 0 aliphatic carbocycles. The minimum Gasteiger partial charge on any atom is -0.481 e. The Labute approximate surface area is 189 Å². The molecule has 0 amide bonds. The van der Waals surface area contributed by atoms with E-state index in [1.54, 1.807) is 11.3 Å². The lowest BCUT2D eigenvalue weighted by atomic mass is 9.93. The van der Waals surface area contributed by atoms with Gasteiger partial charge in [0.1, 0.15) is 0 Å². The quantitative estimate of drug-likeness (QED) is 0.445. The van der Waals surface area contributed by atoms with Crippen molar-refractivity contribution in [2.75, 3.05) is 11.4 Å². The van der Waals surface area contributed by atoms with Crippen molar-refractivity contribution in [1.29, 1.82) is 0 Å². The molecule has 0 radical (unpaired) electrons. The van der Waals surface area contributed by atoms with E-state index < -0.39 is 5.97 Å². The molecule has 156 valence electrons. The van der Waals surface area contributed by atoms with Crippen LogP contribution in [0.1, 0.15) is 22.3 Å². The van der Waals surface area contributed by atoms with Crippen LogP contribution in [-0.2, 0) is 24.2 Å². The zero-order valence-corrected chi connectivity index (χ0v) is 18.5. The first-order chi connectivity index (χ1) is 15.0. The number of hydrogen-bond acceptors (Lipinski definition) is 5. The molecular formula is C24H20ClN3O2S. The highest BCUT2D eigenvalue weighted by Crippen LogP contribution is 2.41. The second kappa shape index (κ2) is 7.94. The number of benzene rings is 2. The maximum atomic E-state index is 11.6. The van der Waals surface area contributed by atoms with Crippen molar-refractivity contribution in [3.63, 3.8) is 0 Å². The summed E-state index contributed by atoms with van der Waals surface area (Å²) in [5.74, 6) is -0.844. The summed E-state index contributed by atoms with van der Waals surface area (Å²) in [6.45, 7) is 3.64. The maximum Gasteiger partial charge on any atom is 0.307 e. The molecule has 0 saturated carbocycles. The summed E-state index contributed by atoms with van der Waals surface area (Å²) in [5.41, 5.74) is 7.14. The number of aliphatic carboxylic acids is 1. The third kappa shape index (κ3) is 3.77. The largest absolute Gasteiger partial charge is 0.481 e. The van der Waals surface area contributed by atoms with Crippen LogP contribution in [0.3, 0.4) is 0 Å². The van der Waals surface area contributed by atoms with E-state index in [1.165, 1.54) is 11.1 Å². The molecular weight excluding hydrogens is 430 g/mol. The standard InChI is InChI=1S/C24H20ClN3O2S/c1-14-10-20-23(22(19(14)11-21(29)30)15-2-4-18(25)5-3-15)31-24(27-20)28-9-7-16-12-26-8-6-17(16)13-28/h2-6,8,10,12H,7,9,11,13H2,1H3,(H,29,30). The third-order valence-electron chi connectivity index (χ3n) is 5.75. The Kier molecular flexibility index (Phi) is 5.12. The molecule has 1 N–H and O–H groups in total. The van der Waals surface area contributed by atoms with Gasteiger partial charge in [0, 0.05) is 36.1 Å². The number of anilines is 1. The lowest BCUT2D eigenvalue weighted by molar-refractivity contribution is -0.136. The van der Waals surface area contributed by atoms with E-state index in [0.717, 1.165) is 57.1 Å². The Morgan fingerprint density at radius 3 is 2.81 bits per heavy atom. The summed E-state index contributed by atoms with van der Waals surface area (Å²) in [4.78, 5) is 23.1. The molecule has 0 atom stereocenters. The van der Waals surface area contributed by atoms with Crippen LogP contribution in [0.5, 0.6) is 0 Å². The molecule has 5 rings (SSSR count). The average Bonchev–Trinajstić information content (AvgIpc) is 3.18. The Balaban J connectivity index is 1.65. The van der Waals surface area contributed by atoms with Crippen molar-refractivity contribution in [1.82, 2.24) is 9.97 Å². The summed E-state index contributed by atoms with van der Waals surface area (Å²) >= 11 is 7.73. The molecule has 1 aliphatic heterocycles. The van der Waals surface area contributed by atoms with E-state index in [0.29, 0.717) is 5.02 Å². The van der Waals surface area contributed by atoms with E-state index in [4.69, 9.17) is 16.6 Å². The van der Waals surface area contributed by atoms with Gasteiger partial charge in [-0.2, -0.15) is 0 Å². The SMILES string of the molecule is Cc1cc2nc(N3CCc4cnccc4C3)sc2c(-c2ccc(Cl)cc2)c1CC(=O)O. The summed E-state index contributed by atoms with van der Waals surface area (Å²) < 4.78 is 1.01. The van der Waals surface area contributed by atoms with Crippen molar-refractivity contribution >= 4 is 44.3 Å². The Hall–Kier alpha value is -2.96. The summed E-state index contributed by atoms with van der Waals surface area (Å²) in [6.07, 6.45) is 4.69. The fraction of sp³-hybridized carbons (Fsp3) is 0.208. The lowest BCUT2D eigenvalue weighted by Crippen LogP contribution is -2.30. The molecule has 4 aromatic rings. The van der Waals surface area contributed by atoms with E-state index in [2.05, 4.69) is 16.0 Å². The molecule has 3 heterocycles. The van der Waals surface area contributed by atoms with Gasteiger partial charge in [-0.25, -0.2) is 4.98 Å². The normalized spacial score (nSPS) is 13.4. The van der Waals surface area contributed by atoms with Crippen LogP contribution in [-0.4, -0.2) is 27.6 Å².